The highest BCUT2D eigenvalue weighted by atomic mass is 16.6. The van der Waals surface area contributed by atoms with Gasteiger partial charge in [0.15, 0.2) is 0 Å². The van der Waals surface area contributed by atoms with Crippen molar-refractivity contribution in [1.82, 2.24) is 10.2 Å². The molecule has 3 amide bonds. The molecule has 4 N–H and O–H groups in total. The van der Waals surface area contributed by atoms with E-state index < -0.39 is 41.6 Å². The zero-order chi connectivity index (χ0) is 32.8. The third-order valence-electron chi connectivity index (χ3n) is 7.48. The molecule has 0 spiro atoms. The number of aryl methyl sites for hydroxylation is 3. The van der Waals surface area contributed by atoms with Crippen LogP contribution in [0.1, 0.15) is 74.9 Å². The van der Waals surface area contributed by atoms with E-state index in [1.165, 1.54) is 23.1 Å². The molecule has 9 heteroatoms. The first-order valence-corrected chi connectivity index (χ1v) is 14.9. The number of benzene rings is 3. The number of hydrogen-bond donors (Lipinski definition) is 4. The second-order valence-corrected chi connectivity index (χ2v) is 12.3. The van der Waals surface area contributed by atoms with Crippen molar-refractivity contribution in [2.24, 2.45) is 0 Å². The van der Waals surface area contributed by atoms with Crippen LogP contribution in [-0.4, -0.2) is 50.7 Å². The van der Waals surface area contributed by atoms with E-state index in [9.17, 15) is 24.6 Å². The molecule has 236 valence electrons. The summed E-state index contributed by atoms with van der Waals surface area (Å²) in [6, 6.07) is 14.3. The average Bonchev–Trinajstić information content (AvgIpc) is 2.94. The van der Waals surface area contributed by atoms with Gasteiger partial charge in [0, 0.05) is 18.2 Å². The molecular formula is C35H45N3O6. The number of anilines is 1. The fraction of sp³-hybridized carbons (Fsp3) is 0.400. The van der Waals surface area contributed by atoms with Crippen molar-refractivity contribution in [2.75, 3.05) is 5.32 Å². The molecule has 3 aromatic rings. The minimum atomic E-state index is -1.10. The number of para-hydroxylation sites is 1. The molecule has 44 heavy (non-hydrogen) atoms. The van der Waals surface area contributed by atoms with Gasteiger partial charge in [0.1, 0.15) is 29.2 Å². The molecule has 0 fully saturated rings. The summed E-state index contributed by atoms with van der Waals surface area (Å²) in [5.41, 5.74) is 3.36. The van der Waals surface area contributed by atoms with Crippen molar-refractivity contribution < 1.29 is 29.3 Å². The van der Waals surface area contributed by atoms with Gasteiger partial charge >= 0.3 is 6.09 Å². The minimum absolute atomic E-state index is 0.0703. The molecule has 3 atom stereocenters. The smallest absolute Gasteiger partial charge is 0.408 e. The van der Waals surface area contributed by atoms with E-state index in [-0.39, 0.29) is 17.9 Å². The van der Waals surface area contributed by atoms with Gasteiger partial charge in [-0.3, -0.25) is 9.59 Å². The predicted octanol–water partition coefficient (Wildman–Crippen LogP) is 6.47. The SMILES string of the molecule is CCC(C)N(C(=O)C(Cc1ccc(O)cc1)NC(=O)OC(C)(C)C)C(C(=O)Nc1c(C)cccc1C)c1ccc(O)c(C)c1. The monoisotopic (exact) mass is 603 g/mol. The topological polar surface area (TPSA) is 128 Å². The highest BCUT2D eigenvalue weighted by Crippen LogP contribution is 2.32. The molecule has 3 rings (SSSR count). The Morgan fingerprint density at radius 1 is 0.909 bits per heavy atom. The molecule has 9 nitrogen and oxygen atoms in total. The van der Waals surface area contributed by atoms with Crippen LogP contribution in [0, 0.1) is 20.8 Å². The molecular weight excluding hydrogens is 558 g/mol. The molecule has 0 saturated carbocycles. The van der Waals surface area contributed by atoms with Crippen LogP contribution in [0.2, 0.25) is 0 Å². The lowest BCUT2D eigenvalue weighted by Crippen LogP contribution is -2.55. The van der Waals surface area contributed by atoms with Gasteiger partial charge in [-0.15, -0.1) is 0 Å². The van der Waals surface area contributed by atoms with Crippen LogP contribution in [0.15, 0.2) is 60.7 Å². The van der Waals surface area contributed by atoms with Crippen molar-refractivity contribution in [3.05, 3.63) is 88.5 Å². The predicted molar refractivity (Wildman–Crippen MR) is 172 cm³/mol. The van der Waals surface area contributed by atoms with Gasteiger partial charge in [0.25, 0.3) is 5.91 Å². The van der Waals surface area contributed by atoms with E-state index in [2.05, 4.69) is 10.6 Å². The maximum absolute atomic E-state index is 14.7. The number of aromatic hydroxyl groups is 2. The maximum atomic E-state index is 14.7. The third-order valence-corrected chi connectivity index (χ3v) is 7.48. The molecule has 0 aliphatic rings. The molecule has 0 heterocycles. The molecule has 0 bridgehead atoms. The lowest BCUT2D eigenvalue weighted by molar-refractivity contribution is -0.143. The Morgan fingerprint density at radius 3 is 2.07 bits per heavy atom. The lowest BCUT2D eigenvalue weighted by atomic mass is 9.96. The van der Waals surface area contributed by atoms with E-state index in [1.807, 2.05) is 45.9 Å². The molecule has 0 aliphatic carbocycles. The average molecular weight is 604 g/mol. The summed E-state index contributed by atoms with van der Waals surface area (Å²) < 4.78 is 5.50. The summed E-state index contributed by atoms with van der Waals surface area (Å²) in [5, 5.41) is 25.9. The number of phenolic OH excluding ortho intramolecular Hbond substituents is 2. The van der Waals surface area contributed by atoms with Crippen LogP contribution in [0.4, 0.5) is 10.5 Å². The highest BCUT2D eigenvalue weighted by molar-refractivity contribution is 6.00. The molecule has 3 aromatic carbocycles. The quantitative estimate of drug-likeness (QED) is 0.210. The summed E-state index contributed by atoms with van der Waals surface area (Å²) in [5.74, 6) is -0.766. The first-order valence-electron chi connectivity index (χ1n) is 14.9. The molecule has 3 unspecified atom stereocenters. The molecule has 0 radical (unpaired) electrons. The Labute approximate surface area is 260 Å². The van der Waals surface area contributed by atoms with Gasteiger partial charge in [-0.2, -0.15) is 0 Å². The number of nitrogens with zero attached hydrogens (tertiary/aromatic N) is 1. The van der Waals surface area contributed by atoms with E-state index >= 15 is 0 Å². The second kappa shape index (κ2) is 14.3. The van der Waals surface area contributed by atoms with E-state index in [0.717, 1.165) is 11.1 Å². The zero-order valence-corrected chi connectivity index (χ0v) is 26.9. The minimum Gasteiger partial charge on any atom is -0.508 e. The van der Waals surface area contributed by atoms with Crippen LogP contribution in [-0.2, 0) is 20.7 Å². The Bertz CT molecular complexity index is 1460. The van der Waals surface area contributed by atoms with Gasteiger partial charge in [-0.1, -0.05) is 43.3 Å². The van der Waals surface area contributed by atoms with Crippen LogP contribution in [0.25, 0.3) is 0 Å². The number of carbonyl (C=O) groups excluding carboxylic acids is 3. The van der Waals surface area contributed by atoms with Crippen molar-refractivity contribution in [2.45, 2.75) is 92.0 Å². The summed E-state index contributed by atoms with van der Waals surface area (Å²) >= 11 is 0. The summed E-state index contributed by atoms with van der Waals surface area (Å²) in [7, 11) is 0. The van der Waals surface area contributed by atoms with Gasteiger partial charge in [-0.25, -0.2) is 4.79 Å². The van der Waals surface area contributed by atoms with Gasteiger partial charge in [-0.05, 0) is 107 Å². The largest absolute Gasteiger partial charge is 0.508 e. The van der Waals surface area contributed by atoms with Crippen LogP contribution < -0.4 is 10.6 Å². The number of hydrogen-bond acceptors (Lipinski definition) is 6. The second-order valence-electron chi connectivity index (χ2n) is 12.3. The normalized spacial score (nSPS) is 13.4. The first-order chi connectivity index (χ1) is 20.6. The summed E-state index contributed by atoms with van der Waals surface area (Å²) in [4.78, 5) is 43.5. The van der Waals surface area contributed by atoms with Gasteiger partial charge in [0.05, 0.1) is 0 Å². The lowest BCUT2D eigenvalue weighted by Gasteiger charge is -2.38. The zero-order valence-electron chi connectivity index (χ0n) is 26.9. The molecule has 0 saturated heterocycles. The Balaban J connectivity index is 2.15. The number of phenols is 2. The van der Waals surface area contributed by atoms with E-state index in [1.54, 1.807) is 52.0 Å². The third kappa shape index (κ3) is 8.75. The molecule has 0 aliphatic heterocycles. The van der Waals surface area contributed by atoms with Gasteiger partial charge < -0.3 is 30.5 Å². The Kier molecular flexibility index (Phi) is 11.0. The van der Waals surface area contributed by atoms with Crippen molar-refractivity contribution >= 4 is 23.6 Å². The standard InChI is InChI=1S/C35H45N3O6/c1-9-24(5)38(33(42)28(36-34(43)44-35(6,7)8)20-25-13-16-27(39)17-14-25)31(26-15-18-29(40)23(4)19-26)32(41)37-30-21(2)11-10-12-22(30)3/h10-19,24,28,31,39-40H,9,20H2,1-8H3,(H,36,43)(H,37,41). The molecule has 0 aromatic heterocycles. The Morgan fingerprint density at radius 2 is 1.52 bits per heavy atom. The van der Waals surface area contributed by atoms with Crippen molar-refractivity contribution in [1.29, 1.82) is 0 Å². The number of ether oxygens (including phenoxy) is 1. The van der Waals surface area contributed by atoms with E-state index in [4.69, 9.17) is 4.74 Å². The number of rotatable bonds is 10. The van der Waals surface area contributed by atoms with Crippen molar-refractivity contribution in [3.63, 3.8) is 0 Å². The van der Waals surface area contributed by atoms with E-state index in [0.29, 0.717) is 28.8 Å². The highest BCUT2D eigenvalue weighted by Gasteiger charge is 2.39. The number of amides is 3. The first kappa shape index (κ1) is 34.0. The maximum Gasteiger partial charge on any atom is 0.408 e. The number of alkyl carbamates (subject to hydrolysis) is 1. The fourth-order valence-corrected chi connectivity index (χ4v) is 4.98. The Hall–Kier alpha value is -4.53. The summed E-state index contributed by atoms with van der Waals surface area (Å²) in [6.07, 6.45) is -0.157. The number of nitrogens with one attached hydrogen (secondary N) is 2. The van der Waals surface area contributed by atoms with Gasteiger partial charge in [0.2, 0.25) is 5.91 Å². The number of carbonyl (C=O) groups is 3. The van der Waals surface area contributed by atoms with Crippen LogP contribution >= 0.6 is 0 Å². The summed E-state index contributed by atoms with van der Waals surface area (Å²) in [6.45, 7) is 14.5. The van der Waals surface area contributed by atoms with Crippen LogP contribution in [0.5, 0.6) is 11.5 Å². The van der Waals surface area contributed by atoms with Crippen LogP contribution in [0.3, 0.4) is 0 Å². The van der Waals surface area contributed by atoms with Crippen molar-refractivity contribution in [3.8, 4) is 11.5 Å². The fourth-order valence-electron chi connectivity index (χ4n) is 4.98.